The Morgan fingerprint density at radius 2 is 2.22 bits per heavy atom. The van der Waals surface area contributed by atoms with Gasteiger partial charge in [0.05, 0.1) is 12.2 Å². The van der Waals surface area contributed by atoms with Crippen molar-refractivity contribution in [3.63, 3.8) is 0 Å². The summed E-state index contributed by atoms with van der Waals surface area (Å²) < 4.78 is 32.9. The van der Waals surface area contributed by atoms with E-state index < -0.39 is 24.1 Å². The second-order valence-electron chi connectivity index (χ2n) is 3.08. The molecule has 0 aliphatic carbocycles. The fourth-order valence-electron chi connectivity index (χ4n) is 1.22. The Labute approximate surface area is 101 Å². The first-order valence-electron chi connectivity index (χ1n) is 4.88. The van der Waals surface area contributed by atoms with Crippen molar-refractivity contribution in [3.05, 3.63) is 23.3 Å². The molecule has 0 aliphatic rings. The molecule has 7 heteroatoms. The van der Waals surface area contributed by atoms with Crippen LogP contribution in [0.4, 0.5) is 8.78 Å². The van der Waals surface area contributed by atoms with Gasteiger partial charge in [-0.1, -0.05) is 0 Å². The number of halogens is 2. The minimum absolute atomic E-state index is 0.0588. The van der Waals surface area contributed by atoms with Crippen LogP contribution in [0.5, 0.6) is 11.5 Å². The Bertz CT molecular complexity index is 497. The normalized spacial score (nSPS) is 9.94. The van der Waals surface area contributed by atoms with Crippen molar-refractivity contribution in [1.29, 1.82) is 5.26 Å². The van der Waals surface area contributed by atoms with E-state index in [-0.39, 0.29) is 17.7 Å². The zero-order chi connectivity index (χ0) is 13.7. The number of carbonyl (C=O) groups excluding carboxylic acids is 1. The highest BCUT2D eigenvalue weighted by molar-refractivity contribution is 5.93. The van der Waals surface area contributed by atoms with Crippen LogP contribution in [0.15, 0.2) is 12.1 Å². The van der Waals surface area contributed by atoms with Gasteiger partial charge in [0.1, 0.15) is 23.1 Å². The van der Waals surface area contributed by atoms with Crippen LogP contribution < -0.4 is 4.74 Å². The number of aromatic hydroxyl groups is 1. The van der Waals surface area contributed by atoms with E-state index in [1.807, 2.05) is 0 Å². The first-order chi connectivity index (χ1) is 8.49. The van der Waals surface area contributed by atoms with Crippen molar-refractivity contribution in [2.24, 2.45) is 0 Å². The molecule has 0 radical (unpaired) electrons. The van der Waals surface area contributed by atoms with E-state index in [9.17, 15) is 18.7 Å². The van der Waals surface area contributed by atoms with Gasteiger partial charge in [-0.05, 0) is 6.92 Å². The lowest BCUT2D eigenvalue weighted by Crippen LogP contribution is -2.08. The maximum atomic E-state index is 12.1. The van der Waals surface area contributed by atoms with Crippen LogP contribution in [0.25, 0.3) is 0 Å². The minimum Gasteiger partial charge on any atom is -0.507 e. The Morgan fingerprint density at radius 1 is 1.56 bits per heavy atom. The number of hydrogen-bond acceptors (Lipinski definition) is 5. The van der Waals surface area contributed by atoms with Crippen molar-refractivity contribution in [2.75, 3.05) is 6.61 Å². The van der Waals surface area contributed by atoms with Crippen LogP contribution in [-0.4, -0.2) is 24.3 Å². The van der Waals surface area contributed by atoms with Gasteiger partial charge in [0, 0.05) is 12.1 Å². The molecular formula is C11H9F2NO4. The number of hydrogen-bond donors (Lipinski definition) is 1. The molecule has 0 amide bonds. The van der Waals surface area contributed by atoms with Crippen LogP contribution in [0.2, 0.25) is 0 Å². The molecule has 1 aromatic rings. The van der Waals surface area contributed by atoms with Gasteiger partial charge in [0.15, 0.2) is 0 Å². The summed E-state index contributed by atoms with van der Waals surface area (Å²) in [4.78, 5) is 11.4. The van der Waals surface area contributed by atoms with Crippen molar-refractivity contribution >= 4 is 5.97 Å². The third-order valence-corrected chi connectivity index (χ3v) is 1.93. The largest absolute Gasteiger partial charge is 0.507 e. The molecule has 0 saturated carbocycles. The smallest absolute Gasteiger partial charge is 0.387 e. The summed E-state index contributed by atoms with van der Waals surface area (Å²) >= 11 is 0. The Hall–Kier alpha value is -2.36. The first kappa shape index (κ1) is 13.7. The van der Waals surface area contributed by atoms with E-state index in [4.69, 9.17) is 5.26 Å². The molecule has 0 aromatic heterocycles. The summed E-state index contributed by atoms with van der Waals surface area (Å²) in [7, 11) is 0. The van der Waals surface area contributed by atoms with Gasteiger partial charge in [-0.3, -0.25) is 0 Å². The molecular weight excluding hydrogens is 248 g/mol. The van der Waals surface area contributed by atoms with E-state index in [2.05, 4.69) is 9.47 Å². The average molecular weight is 257 g/mol. The number of rotatable bonds is 4. The Morgan fingerprint density at radius 3 is 2.72 bits per heavy atom. The molecule has 1 rings (SSSR count). The fraction of sp³-hybridized carbons (Fsp3) is 0.273. The van der Waals surface area contributed by atoms with Crippen LogP contribution in [0.1, 0.15) is 22.8 Å². The lowest BCUT2D eigenvalue weighted by atomic mass is 10.1. The molecule has 5 nitrogen and oxygen atoms in total. The number of alkyl halides is 2. The second kappa shape index (κ2) is 5.82. The Kier molecular flexibility index (Phi) is 4.43. The molecule has 0 unspecified atom stereocenters. The molecule has 0 atom stereocenters. The number of phenols is 1. The van der Waals surface area contributed by atoms with Crippen molar-refractivity contribution in [2.45, 2.75) is 13.5 Å². The maximum Gasteiger partial charge on any atom is 0.387 e. The number of nitrogens with zero attached hydrogens (tertiary/aromatic N) is 1. The SMILES string of the molecule is CCOC(=O)c1cc(OC(F)F)c(C#N)cc1O. The molecule has 0 bridgehead atoms. The van der Waals surface area contributed by atoms with E-state index in [1.165, 1.54) is 0 Å². The molecule has 1 N–H and O–H groups in total. The maximum absolute atomic E-state index is 12.1. The molecule has 96 valence electrons. The van der Waals surface area contributed by atoms with Crippen LogP contribution in [0, 0.1) is 11.3 Å². The lowest BCUT2D eigenvalue weighted by molar-refractivity contribution is -0.0501. The number of carbonyl (C=O) groups is 1. The van der Waals surface area contributed by atoms with Crippen LogP contribution in [0.3, 0.4) is 0 Å². The van der Waals surface area contributed by atoms with E-state index in [0.717, 1.165) is 12.1 Å². The number of nitriles is 1. The Balaban J connectivity index is 3.21. The predicted molar refractivity (Wildman–Crippen MR) is 55.4 cm³/mol. The quantitative estimate of drug-likeness (QED) is 0.835. The summed E-state index contributed by atoms with van der Waals surface area (Å²) in [6.07, 6.45) is 0. The molecule has 0 heterocycles. The van der Waals surface area contributed by atoms with E-state index in [0.29, 0.717) is 0 Å². The first-order valence-corrected chi connectivity index (χ1v) is 4.88. The average Bonchev–Trinajstić information content (AvgIpc) is 2.30. The zero-order valence-electron chi connectivity index (χ0n) is 9.31. The lowest BCUT2D eigenvalue weighted by Gasteiger charge is -2.10. The van der Waals surface area contributed by atoms with E-state index >= 15 is 0 Å². The molecule has 0 aliphatic heterocycles. The highest BCUT2D eigenvalue weighted by Crippen LogP contribution is 2.29. The monoisotopic (exact) mass is 257 g/mol. The molecule has 0 fully saturated rings. The van der Waals surface area contributed by atoms with Crippen molar-refractivity contribution in [3.8, 4) is 17.6 Å². The highest BCUT2D eigenvalue weighted by Gasteiger charge is 2.19. The van der Waals surface area contributed by atoms with Gasteiger partial charge in [0.25, 0.3) is 0 Å². The van der Waals surface area contributed by atoms with Gasteiger partial charge >= 0.3 is 12.6 Å². The fourth-order valence-corrected chi connectivity index (χ4v) is 1.22. The van der Waals surface area contributed by atoms with Gasteiger partial charge < -0.3 is 14.6 Å². The number of ether oxygens (including phenoxy) is 2. The van der Waals surface area contributed by atoms with Gasteiger partial charge in [-0.2, -0.15) is 14.0 Å². The van der Waals surface area contributed by atoms with Crippen LogP contribution in [-0.2, 0) is 4.74 Å². The minimum atomic E-state index is -3.14. The number of esters is 1. The third kappa shape index (κ3) is 3.07. The van der Waals surface area contributed by atoms with Gasteiger partial charge in [-0.15, -0.1) is 0 Å². The summed E-state index contributed by atoms with van der Waals surface area (Å²) in [5.74, 6) is -1.92. The molecule has 1 aromatic carbocycles. The van der Waals surface area contributed by atoms with E-state index in [1.54, 1.807) is 13.0 Å². The molecule has 18 heavy (non-hydrogen) atoms. The molecule has 0 saturated heterocycles. The summed E-state index contributed by atoms with van der Waals surface area (Å²) in [6, 6.07) is 3.28. The van der Waals surface area contributed by atoms with Crippen molar-refractivity contribution < 1.29 is 28.2 Å². The number of phenolic OH excluding ortho intramolecular Hbond substituents is 1. The number of benzene rings is 1. The van der Waals surface area contributed by atoms with Gasteiger partial charge in [0.2, 0.25) is 0 Å². The topological polar surface area (TPSA) is 79.5 Å². The second-order valence-corrected chi connectivity index (χ2v) is 3.08. The predicted octanol–water partition coefficient (Wildman–Crippen LogP) is 2.04. The van der Waals surface area contributed by atoms with Crippen molar-refractivity contribution in [1.82, 2.24) is 0 Å². The standard InChI is InChI=1S/C11H9F2NO4/c1-2-17-10(16)7-4-9(18-11(12)13)6(5-14)3-8(7)15/h3-4,11,15H,2H2,1H3. The summed E-state index contributed by atoms with van der Waals surface area (Å²) in [6.45, 7) is -1.53. The third-order valence-electron chi connectivity index (χ3n) is 1.93. The van der Waals surface area contributed by atoms with Crippen LogP contribution >= 0.6 is 0 Å². The summed E-state index contributed by atoms with van der Waals surface area (Å²) in [5.41, 5.74) is -0.646. The van der Waals surface area contributed by atoms with Gasteiger partial charge in [-0.25, -0.2) is 4.79 Å². The highest BCUT2D eigenvalue weighted by atomic mass is 19.3. The summed E-state index contributed by atoms with van der Waals surface area (Å²) in [5, 5.41) is 18.2. The zero-order valence-corrected chi connectivity index (χ0v) is 9.31. The molecule has 0 spiro atoms.